The van der Waals surface area contributed by atoms with Crippen molar-refractivity contribution in [1.82, 2.24) is 5.32 Å². The summed E-state index contributed by atoms with van der Waals surface area (Å²) in [5.74, 6) is -4.04. The number of carbonyl (C=O) groups is 2. The lowest BCUT2D eigenvalue weighted by Crippen LogP contribution is -2.46. The van der Waals surface area contributed by atoms with Gasteiger partial charge in [0.15, 0.2) is 11.6 Å². The van der Waals surface area contributed by atoms with Crippen LogP contribution in [0.15, 0.2) is 42.5 Å². The predicted octanol–water partition coefficient (Wildman–Crippen LogP) is 1.86. The molecule has 0 aliphatic heterocycles. The summed E-state index contributed by atoms with van der Waals surface area (Å²) in [6, 6.07) is 7.75. The molecule has 126 valence electrons. The Bertz CT molecular complexity index is 765. The van der Waals surface area contributed by atoms with Crippen molar-refractivity contribution in [2.24, 2.45) is 5.73 Å². The number of hydrogen-bond acceptors (Lipinski definition) is 2. The molecule has 0 fully saturated rings. The maximum Gasteiger partial charge on any atom is 0.240 e. The first-order chi connectivity index (χ1) is 11.4. The SMILES string of the molecule is NC(=O)[C@@H](Cc1ccccc1F)NC(=O)Cc1ccc(F)c(F)c1. The summed E-state index contributed by atoms with van der Waals surface area (Å²) in [5.41, 5.74) is 5.70. The minimum Gasteiger partial charge on any atom is -0.368 e. The Morgan fingerprint density at radius 3 is 2.33 bits per heavy atom. The first-order valence-corrected chi connectivity index (χ1v) is 7.13. The molecule has 7 heteroatoms. The van der Waals surface area contributed by atoms with Crippen LogP contribution in [-0.4, -0.2) is 17.9 Å². The van der Waals surface area contributed by atoms with Crippen molar-refractivity contribution in [2.45, 2.75) is 18.9 Å². The number of halogens is 3. The molecular formula is C17H15F3N2O2. The Kier molecular flexibility index (Phi) is 5.57. The highest BCUT2D eigenvalue weighted by Gasteiger charge is 2.20. The highest BCUT2D eigenvalue weighted by molar-refractivity contribution is 5.87. The molecule has 0 heterocycles. The Balaban J connectivity index is 2.04. The van der Waals surface area contributed by atoms with Crippen molar-refractivity contribution >= 4 is 11.8 Å². The van der Waals surface area contributed by atoms with E-state index in [0.29, 0.717) is 0 Å². The molecule has 2 rings (SSSR count). The number of rotatable bonds is 6. The van der Waals surface area contributed by atoms with E-state index in [0.717, 1.165) is 12.1 Å². The van der Waals surface area contributed by atoms with E-state index in [1.54, 1.807) is 6.07 Å². The quantitative estimate of drug-likeness (QED) is 0.845. The Labute approximate surface area is 136 Å². The van der Waals surface area contributed by atoms with Crippen molar-refractivity contribution in [3.8, 4) is 0 Å². The van der Waals surface area contributed by atoms with Crippen LogP contribution in [0.4, 0.5) is 13.2 Å². The van der Waals surface area contributed by atoms with Crippen molar-refractivity contribution in [2.75, 3.05) is 0 Å². The highest BCUT2D eigenvalue weighted by Crippen LogP contribution is 2.11. The van der Waals surface area contributed by atoms with Gasteiger partial charge in [-0.15, -0.1) is 0 Å². The number of nitrogens with one attached hydrogen (secondary N) is 1. The van der Waals surface area contributed by atoms with Crippen LogP contribution in [-0.2, 0) is 22.4 Å². The number of carbonyl (C=O) groups excluding carboxylic acids is 2. The molecule has 0 aliphatic rings. The maximum absolute atomic E-state index is 13.6. The Morgan fingerprint density at radius 2 is 1.71 bits per heavy atom. The lowest BCUT2D eigenvalue weighted by molar-refractivity contribution is -0.127. The van der Waals surface area contributed by atoms with E-state index in [1.807, 2.05) is 0 Å². The van der Waals surface area contributed by atoms with Crippen LogP contribution in [0.25, 0.3) is 0 Å². The summed E-state index contributed by atoms with van der Waals surface area (Å²) in [4.78, 5) is 23.4. The topological polar surface area (TPSA) is 72.2 Å². The van der Waals surface area contributed by atoms with E-state index in [9.17, 15) is 22.8 Å². The standard InChI is InChI=1S/C17H15F3N2O2/c18-12-4-2-1-3-11(12)9-15(17(21)24)22-16(23)8-10-5-6-13(19)14(20)7-10/h1-7,15H,8-9H2,(H2,21,24)(H,22,23)/t15-/m1/s1. The summed E-state index contributed by atoms with van der Waals surface area (Å²) in [6.07, 6.45) is -0.371. The third-order valence-corrected chi connectivity index (χ3v) is 3.41. The van der Waals surface area contributed by atoms with Gasteiger partial charge in [0.2, 0.25) is 11.8 Å². The second kappa shape index (κ2) is 7.63. The minimum atomic E-state index is -1.11. The van der Waals surface area contributed by atoms with Gasteiger partial charge in [0.05, 0.1) is 6.42 Å². The zero-order chi connectivity index (χ0) is 17.7. The molecule has 2 aromatic rings. The van der Waals surface area contributed by atoms with E-state index in [4.69, 9.17) is 5.73 Å². The molecule has 0 saturated carbocycles. The lowest BCUT2D eigenvalue weighted by atomic mass is 10.0. The number of primary amides is 1. The fourth-order valence-corrected chi connectivity index (χ4v) is 2.19. The van der Waals surface area contributed by atoms with Crippen molar-refractivity contribution < 1.29 is 22.8 Å². The fraction of sp³-hybridized carbons (Fsp3) is 0.176. The monoisotopic (exact) mass is 336 g/mol. The molecule has 0 bridgehead atoms. The van der Waals surface area contributed by atoms with Gasteiger partial charge in [0.1, 0.15) is 11.9 Å². The highest BCUT2D eigenvalue weighted by atomic mass is 19.2. The second-order valence-corrected chi connectivity index (χ2v) is 5.24. The average Bonchev–Trinajstić information content (AvgIpc) is 2.52. The van der Waals surface area contributed by atoms with Crippen LogP contribution < -0.4 is 11.1 Å². The summed E-state index contributed by atoms with van der Waals surface area (Å²) < 4.78 is 39.6. The molecule has 0 saturated heterocycles. The summed E-state index contributed by atoms with van der Waals surface area (Å²) in [7, 11) is 0. The predicted molar refractivity (Wildman–Crippen MR) is 81.3 cm³/mol. The zero-order valence-electron chi connectivity index (χ0n) is 12.6. The van der Waals surface area contributed by atoms with Gasteiger partial charge in [-0.25, -0.2) is 13.2 Å². The van der Waals surface area contributed by atoms with E-state index in [1.165, 1.54) is 24.3 Å². The summed E-state index contributed by atoms with van der Waals surface area (Å²) in [5, 5.41) is 2.38. The molecule has 24 heavy (non-hydrogen) atoms. The molecule has 4 nitrogen and oxygen atoms in total. The average molecular weight is 336 g/mol. The molecule has 1 atom stereocenters. The van der Waals surface area contributed by atoms with Gasteiger partial charge in [-0.1, -0.05) is 24.3 Å². The molecular weight excluding hydrogens is 321 g/mol. The van der Waals surface area contributed by atoms with E-state index >= 15 is 0 Å². The van der Waals surface area contributed by atoms with Gasteiger partial charge in [-0.2, -0.15) is 0 Å². The molecule has 2 aromatic carbocycles. The van der Waals surface area contributed by atoms with Gasteiger partial charge in [-0.3, -0.25) is 9.59 Å². The van der Waals surface area contributed by atoms with E-state index in [2.05, 4.69) is 5.32 Å². The van der Waals surface area contributed by atoms with Crippen LogP contribution >= 0.6 is 0 Å². The van der Waals surface area contributed by atoms with Crippen molar-refractivity contribution in [3.63, 3.8) is 0 Å². The first-order valence-electron chi connectivity index (χ1n) is 7.13. The van der Waals surface area contributed by atoms with E-state index < -0.39 is 35.3 Å². The van der Waals surface area contributed by atoms with Gasteiger partial charge < -0.3 is 11.1 Å². The van der Waals surface area contributed by atoms with E-state index in [-0.39, 0.29) is 24.0 Å². The third-order valence-electron chi connectivity index (χ3n) is 3.41. The molecule has 0 radical (unpaired) electrons. The van der Waals surface area contributed by atoms with Gasteiger partial charge >= 0.3 is 0 Å². The summed E-state index contributed by atoms with van der Waals surface area (Å²) in [6.45, 7) is 0. The molecule has 0 aromatic heterocycles. The molecule has 3 N–H and O–H groups in total. The van der Waals surface area contributed by atoms with Crippen molar-refractivity contribution in [3.05, 3.63) is 71.0 Å². The van der Waals surface area contributed by atoms with Gasteiger partial charge in [-0.05, 0) is 29.3 Å². The van der Waals surface area contributed by atoms with Crippen LogP contribution in [0, 0.1) is 17.5 Å². The number of amides is 2. The molecule has 0 spiro atoms. The van der Waals surface area contributed by atoms with Gasteiger partial charge in [0, 0.05) is 6.42 Å². The summed E-state index contributed by atoms with van der Waals surface area (Å²) >= 11 is 0. The smallest absolute Gasteiger partial charge is 0.240 e. The molecule has 2 amide bonds. The lowest BCUT2D eigenvalue weighted by Gasteiger charge is -2.16. The third kappa shape index (κ3) is 4.58. The van der Waals surface area contributed by atoms with Crippen LogP contribution in [0.1, 0.15) is 11.1 Å². The van der Waals surface area contributed by atoms with Crippen LogP contribution in [0.2, 0.25) is 0 Å². The van der Waals surface area contributed by atoms with Crippen LogP contribution in [0.5, 0.6) is 0 Å². The maximum atomic E-state index is 13.6. The molecule has 0 unspecified atom stereocenters. The zero-order valence-corrected chi connectivity index (χ0v) is 12.6. The van der Waals surface area contributed by atoms with Gasteiger partial charge in [0.25, 0.3) is 0 Å². The Morgan fingerprint density at radius 1 is 1.00 bits per heavy atom. The fourth-order valence-electron chi connectivity index (χ4n) is 2.19. The number of hydrogen-bond donors (Lipinski definition) is 2. The van der Waals surface area contributed by atoms with Crippen molar-refractivity contribution in [1.29, 1.82) is 0 Å². The number of nitrogens with two attached hydrogens (primary N) is 1. The Hall–Kier alpha value is -2.83. The molecule has 0 aliphatic carbocycles. The number of benzene rings is 2. The first kappa shape index (κ1) is 17.5. The second-order valence-electron chi connectivity index (χ2n) is 5.24. The normalized spacial score (nSPS) is 11.8. The van der Waals surface area contributed by atoms with Crippen LogP contribution in [0.3, 0.4) is 0 Å². The minimum absolute atomic E-state index is 0.106. The largest absolute Gasteiger partial charge is 0.368 e.